The molecule has 0 aromatic heterocycles. The number of hydrogen-bond acceptors (Lipinski definition) is 5. The summed E-state index contributed by atoms with van der Waals surface area (Å²) in [5, 5.41) is 19.3. The molecule has 1 saturated heterocycles. The van der Waals surface area contributed by atoms with E-state index in [0.29, 0.717) is 25.0 Å². The quantitative estimate of drug-likeness (QED) is 0.632. The molecule has 24 heavy (non-hydrogen) atoms. The zero-order valence-corrected chi connectivity index (χ0v) is 14.1. The topological polar surface area (TPSA) is 118 Å². The van der Waals surface area contributed by atoms with Crippen molar-refractivity contribution in [3.63, 3.8) is 0 Å². The third-order valence-corrected chi connectivity index (χ3v) is 6.26. The Morgan fingerprint density at radius 3 is 2.62 bits per heavy atom. The van der Waals surface area contributed by atoms with Gasteiger partial charge in [0.05, 0.1) is 16.9 Å². The largest absolute Gasteiger partial charge is 0.481 e. The van der Waals surface area contributed by atoms with Gasteiger partial charge in [-0.1, -0.05) is 11.6 Å². The second-order valence-corrected chi connectivity index (χ2v) is 7.79. The van der Waals surface area contributed by atoms with Gasteiger partial charge in [-0.3, -0.25) is 14.9 Å². The number of piperidine rings is 1. The average molecular weight is 381 g/mol. The lowest BCUT2D eigenvalue weighted by atomic mass is 9.96. The first kappa shape index (κ1) is 18.6. The molecule has 0 aliphatic carbocycles. The molecule has 1 N–H and O–H groups in total. The third-order valence-electron chi connectivity index (χ3n) is 3.96. The molecule has 8 nitrogen and oxygen atoms in total. The smallest absolute Gasteiger partial charge is 0.307 e. The van der Waals surface area contributed by atoms with Crippen molar-refractivity contribution in [1.82, 2.24) is 4.31 Å². The van der Waals surface area contributed by atoms with Crippen LogP contribution in [0, 0.1) is 21.8 Å². The number of halogens is 2. The number of nitro benzene ring substituents is 1. The van der Waals surface area contributed by atoms with E-state index in [0.717, 1.165) is 4.31 Å². The van der Waals surface area contributed by atoms with Crippen LogP contribution in [-0.4, -0.2) is 41.3 Å². The third kappa shape index (κ3) is 3.35. The standard InChI is InChI=1S/C13H14ClFN2O6S/c1-7-2-3-8(13(18)19)6-16(7)24(22,23)12-4-9(14)11(17(20)21)5-10(12)15/h4-5,7-8H,2-3,6H2,1H3,(H,18,19). The Balaban J connectivity index is 2.48. The van der Waals surface area contributed by atoms with Crippen molar-refractivity contribution in [3.8, 4) is 0 Å². The fourth-order valence-corrected chi connectivity index (χ4v) is 4.67. The molecule has 0 spiro atoms. The van der Waals surface area contributed by atoms with Gasteiger partial charge in [-0.25, -0.2) is 12.8 Å². The second-order valence-electron chi connectivity index (χ2n) is 5.53. The van der Waals surface area contributed by atoms with Gasteiger partial charge in [-0.15, -0.1) is 0 Å². The van der Waals surface area contributed by atoms with Gasteiger partial charge in [0, 0.05) is 12.6 Å². The molecule has 2 atom stereocenters. The van der Waals surface area contributed by atoms with E-state index in [-0.39, 0.29) is 6.54 Å². The second kappa shape index (κ2) is 6.61. The minimum Gasteiger partial charge on any atom is -0.481 e. The van der Waals surface area contributed by atoms with Crippen LogP contribution in [0.3, 0.4) is 0 Å². The van der Waals surface area contributed by atoms with Crippen LogP contribution in [0.4, 0.5) is 10.1 Å². The highest BCUT2D eigenvalue weighted by Gasteiger charge is 2.39. The Morgan fingerprint density at radius 2 is 2.08 bits per heavy atom. The highest BCUT2D eigenvalue weighted by atomic mass is 35.5. The maximum atomic E-state index is 14.1. The predicted octanol–water partition coefficient (Wildman–Crippen LogP) is 2.26. The molecular weight excluding hydrogens is 367 g/mol. The van der Waals surface area contributed by atoms with E-state index in [1.54, 1.807) is 6.92 Å². The van der Waals surface area contributed by atoms with Crippen molar-refractivity contribution in [3.05, 3.63) is 33.1 Å². The van der Waals surface area contributed by atoms with Gasteiger partial charge >= 0.3 is 5.97 Å². The molecule has 1 aromatic rings. The number of carboxylic acids is 1. The first-order valence-electron chi connectivity index (χ1n) is 6.93. The van der Waals surface area contributed by atoms with E-state index in [2.05, 4.69) is 0 Å². The van der Waals surface area contributed by atoms with Crippen LogP contribution in [0.25, 0.3) is 0 Å². The average Bonchev–Trinajstić information content (AvgIpc) is 2.48. The number of carbonyl (C=O) groups is 1. The monoisotopic (exact) mass is 380 g/mol. The number of nitrogens with zero attached hydrogens (tertiary/aromatic N) is 2. The van der Waals surface area contributed by atoms with E-state index in [4.69, 9.17) is 16.7 Å². The molecule has 0 bridgehead atoms. The van der Waals surface area contributed by atoms with Gasteiger partial charge in [0.2, 0.25) is 10.0 Å². The number of aliphatic carboxylic acids is 1. The van der Waals surface area contributed by atoms with Crippen molar-refractivity contribution >= 4 is 33.3 Å². The molecule has 1 aromatic carbocycles. The van der Waals surface area contributed by atoms with E-state index in [9.17, 15) is 27.7 Å². The number of benzene rings is 1. The summed E-state index contributed by atoms with van der Waals surface area (Å²) in [5.74, 6) is -3.34. The van der Waals surface area contributed by atoms with Gasteiger partial charge in [-0.05, 0) is 25.8 Å². The molecule has 0 radical (unpaired) electrons. The first-order valence-corrected chi connectivity index (χ1v) is 8.75. The highest BCUT2D eigenvalue weighted by molar-refractivity contribution is 7.89. The van der Waals surface area contributed by atoms with E-state index < -0.39 is 54.3 Å². The Labute approximate surface area is 142 Å². The SMILES string of the molecule is CC1CCC(C(=O)O)CN1S(=O)(=O)c1cc(Cl)c([N+](=O)[O-])cc1F. The lowest BCUT2D eigenvalue weighted by molar-refractivity contribution is -0.384. The molecule has 132 valence electrons. The number of rotatable bonds is 4. The van der Waals surface area contributed by atoms with Crippen LogP contribution in [0.2, 0.25) is 5.02 Å². The van der Waals surface area contributed by atoms with Crippen LogP contribution >= 0.6 is 11.6 Å². The van der Waals surface area contributed by atoms with Crippen LogP contribution in [0.1, 0.15) is 19.8 Å². The molecule has 2 rings (SSSR count). The van der Waals surface area contributed by atoms with Crippen LogP contribution in [0.15, 0.2) is 17.0 Å². The molecule has 1 aliphatic heterocycles. The molecule has 0 saturated carbocycles. The van der Waals surface area contributed by atoms with Crippen molar-refractivity contribution in [2.75, 3.05) is 6.54 Å². The Kier molecular flexibility index (Phi) is 5.11. The summed E-state index contributed by atoms with van der Waals surface area (Å²) in [6, 6.07) is 0.596. The zero-order valence-electron chi connectivity index (χ0n) is 12.5. The van der Waals surface area contributed by atoms with Gasteiger partial charge in [0.15, 0.2) is 0 Å². The van der Waals surface area contributed by atoms with Crippen LogP contribution in [-0.2, 0) is 14.8 Å². The summed E-state index contributed by atoms with van der Waals surface area (Å²) in [6.07, 6.45) is 0.616. The Bertz CT molecular complexity index is 800. The van der Waals surface area contributed by atoms with E-state index in [1.165, 1.54) is 0 Å². The van der Waals surface area contributed by atoms with Gasteiger partial charge in [-0.2, -0.15) is 4.31 Å². The molecule has 0 amide bonds. The molecule has 1 heterocycles. The maximum absolute atomic E-state index is 14.1. The predicted molar refractivity (Wildman–Crippen MR) is 81.8 cm³/mol. The number of hydrogen-bond donors (Lipinski definition) is 1. The van der Waals surface area contributed by atoms with Crippen molar-refractivity contribution in [1.29, 1.82) is 0 Å². The van der Waals surface area contributed by atoms with E-state index >= 15 is 0 Å². The first-order chi connectivity index (χ1) is 11.1. The minimum atomic E-state index is -4.39. The summed E-state index contributed by atoms with van der Waals surface area (Å²) in [7, 11) is -4.39. The van der Waals surface area contributed by atoms with Crippen molar-refractivity contribution in [2.45, 2.75) is 30.7 Å². The molecule has 11 heteroatoms. The van der Waals surface area contributed by atoms with Crippen LogP contribution in [0.5, 0.6) is 0 Å². The fourth-order valence-electron chi connectivity index (χ4n) is 2.59. The molecule has 2 unspecified atom stereocenters. The summed E-state index contributed by atoms with van der Waals surface area (Å²) < 4.78 is 40.4. The highest BCUT2D eigenvalue weighted by Crippen LogP contribution is 2.34. The minimum absolute atomic E-state index is 0.299. The molecule has 1 fully saturated rings. The summed E-state index contributed by atoms with van der Waals surface area (Å²) in [5.41, 5.74) is -0.747. The van der Waals surface area contributed by atoms with E-state index in [1.807, 2.05) is 0 Å². The Hall–Kier alpha value is -1.78. The van der Waals surface area contributed by atoms with Crippen molar-refractivity contribution in [2.24, 2.45) is 5.92 Å². The molecular formula is C13H14ClFN2O6S. The van der Waals surface area contributed by atoms with Gasteiger partial charge in [0.25, 0.3) is 5.69 Å². The zero-order chi connectivity index (χ0) is 18.2. The fraction of sp³-hybridized carbons (Fsp3) is 0.462. The van der Waals surface area contributed by atoms with Gasteiger partial charge in [0.1, 0.15) is 15.7 Å². The Morgan fingerprint density at radius 1 is 1.46 bits per heavy atom. The molecule has 1 aliphatic rings. The number of sulfonamides is 1. The lowest BCUT2D eigenvalue weighted by Crippen LogP contribution is -2.47. The summed E-state index contributed by atoms with van der Waals surface area (Å²) in [6.45, 7) is 1.29. The number of nitro groups is 1. The van der Waals surface area contributed by atoms with Crippen LogP contribution < -0.4 is 0 Å². The van der Waals surface area contributed by atoms with Crippen molar-refractivity contribution < 1.29 is 27.6 Å². The summed E-state index contributed by atoms with van der Waals surface area (Å²) in [4.78, 5) is 20.1. The number of carboxylic acid groups (broad SMARTS) is 1. The maximum Gasteiger partial charge on any atom is 0.307 e. The normalized spacial score (nSPS) is 22.3. The van der Waals surface area contributed by atoms with Gasteiger partial charge < -0.3 is 5.11 Å². The lowest BCUT2D eigenvalue weighted by Gasteiger charge is -2.35. The summed E-state index contributed by atoms with van der Waals surface area (Å²) >= 11 is 5.67.